The van der Waals surface area contributed by atoms with E-state index in [-0.39, 0.29) is 11.6 Å². The van der Waals surface area contributed by atoms with Crippen molar-refractivity contribution >= 4 is 6.03 Å². The van der Waals surface area contributed by atoms with Gasteiger partial charge in [-0.15, -0.1) is 0 Å². The molecule has 2 N–H and O–H groups in total. The fourth-order valence-electron chi connectivity index (χ4n) is 5.88. The number of nitrogens with one attached hydrogen (secondary N) is 2. The van der Waals surface area contributed by atoms with Gasteiger partial charge in [0.1, 0.15) is 0 Å². The monoisotopic (exact) mass is 321 g/mol. The van der Waals surface area contributed by atoms with Crippen LogP contribution in [0.1, 0.15) is 65.2 Å². The molecule has 4 bridgehead atoms. The minimum absolute atomic E-state index is 0.103. The van der Waals surface area contributed by atoms with E-state index in [1.807, 2.05) is 13.8 Å². The fraction of sp³-hybridized carbons (Fsp3) is 0.947. The molecular weight excluding hydrogens is 286 g/mol. The molecule has 2 amide bonds. The standard InChI is InChI=1S/C17H29N3O.C2H6/c1-20-4-2-15(3-5-20)18-16(21)19-17-9-12-6-13(10-17)8-14(7-12)11-17;1-2/h12-15H,2-11H2,1H3,(H2,18,19,21);1-2H3. The van der Waals surface area contributed by atoms with Gasteiger partial charge >= 0.3 is 6.03 Å². The number of hydrogen-bond donors (Lipinski definition) is 2. The molecule has 1 saturated heterocycles. The minimum Gasteiger partial charge on any atom is -0.335 e. The van der Waals surface area contributed by atoms with Crippen LogP contribution >= 0.6 is 0 Å². The third-order valence-corrected chi connectivity index (χ3v) is 6.47. The van der Waals surface area contributed by atoms with E-state index >= 15 is 0 Å². The molecule has 5 rings (SSSR count). The maximum absolute atomic E-state index is 12.4. The largest absolute Gasteiger partial charge is 0.335 e. The Balaban J connectivity index is 0.000000753. The normalized spacial score (nSPS) is 39.5. The molecule has 5 aliphatic rings. The Hall–Kier alpha value is -0.770. The zero-order valence-corrected chi connectivity index (χ0v) is 15.2. The first kappa shape index (κ1) is 17.1. The summed E-state index contributed by atoms with van der Waals surface area (Å²) in [6.45, 7) is 6.20. The van der Waals surface area contributed by atoms with Crippen LogP contribution in [0.15, 0.2) is 0 Å². The van der Waals surface area contributed by atoms with Crippen LogP contribution in [0.25, 0.3) is 0 Å². The number of rotatable bonds is 2. The minimum atomic E-state index is 0.103. The summed E-state index contributed by atoms with van der Waals surface area (Å²) >= 11 is 0. The summed E-state index contributed by atoms with van der Waals surface area (Å²) in [7, 11) is 2.16. The molecule has 5 fully saturated rings. The molecule has 0 atom stereocenters. The highest BCUT2D eigenvalue weighted by Crippen LogP contribution is 2.55. The fourth-order valence-corrected chi connectivity index (χ4v) is 5.88. The molecule has 1 aliphatic heterocycles. The second kappa shape index (κ2) is 7.00. The van der Waals surface area contributed by atoms with E-state index in [9.17, 15) is 4.79 Å². The zero-order chi connectivity index (χ0) is 16.4. The number of nitrogens with zero attached hydrogens (tertiary/aromatic N) is 1. The van der Waals surface area contributed by atoms with Gasteiger partial charge in [-0.05, 0) is 89.3 Å². The highest BCUT2D eigenvalue weighted by atomic mass is 16.2. The van der Waals surface area contributed by atoms with Crippen molar-refractivity contribution in [3.8, 4) is 0 Å². The Morgan fingerprint density at radius 3 is 1.91 bits per heavy atom. The molecule has 4 aliphatic carbocycles. The summed E-state index contributed by atoms with van der Waals surface area (Å²) in [5.41, 5.74) is 0.143. The Labute approximate surface area is 141 Å². The highest BCUT2D eigenvalue weighted by molar-refractivity contribution is 5.75. The third kappa shape index (κ3) is 3.84. The molecule has 0 unspecified atom stereocenters. The first-order chi connectivity index (χ1) is 11.1. The van der Waals surface area contributed by atoms with E-state index in [4.69, 9.17) is 0 Å². The van der Waals surface area contributed by atoms with Crippen molar-refractivity contribution in [3.63, 3.8) is 0 Å². The molecule has 0 aromatic heterocycles. The van der Waals surface area contributed by atoms with E-state index in [1.54, 1.807) is 0 Å². The molecule has 0 aromatic rings. The van der Waals surface area contributed by atoms with Crippen LogP contribution < -0.4 is 10.6 Å². The number of likely N-dealkylation sites (tertiary alicyclic amines) is 1. The number of urea groups is 1. The highest BCUT2D eigenvalue weighted by Gasteiger charge is 2.51. The van der Waals surface area contributed by atoms with E-state index < -0.39 is 0 Å². The number of carbonyl (C=O) groups is 1. The lowest BCUT2D eigenvalue weighted by molar-refractivity contribution is -0.0137. The predicted octanol–water partition coefficient (Wildman–Crippen LogP) is 3.37. The summed E-state index contributed by atoms with van der Waals surface area (Å²) in [5.74, 6) is 2.67. The van der Waals surface area contributed by atoms with Crippen LogP contribution in [-0.4, -0.2) is 42.6 Å². The second-order valence-electron chi connectivity index (χ2n) is 8.37. The Kier molecular flexibility index (Phi) is 5.19. The van der Waals surface area contributed by atoms with Gasteiger partial charge in [-0.2, -0.15) is 0 Å². The SMILES string of the molecule is CC.CN1CCC(NC(=O)NC23CC4CC(CC(C4)C2)C3)CC1. The Morgan fingerprint density at radius 1 is 0.957 bits per heavy atom. The number of hydrogen-bond acceptors (Lipinski definition) is 2. The summed E-state index contributed by atoms with van der Waals surface area (Å²) < 4.78 is 0. The van der Waals surface area contributed by atoms with Crippen LogP contribution in [0.4, 0.5) is 4.79 Å². The lowest BCUT2D eigenvalue weighted by Crippen LogP contribution is -2.62. The van der Waals surface area contributed by atoms with Gasteiger partial charge in [0.15, 0.2) is 0 Å². The van der Waals surface area contributed by atoms with Crippen molar-refractivity contribution in [2.75, 3.05) is 20.1 Å². The average molecular weight is 322 g/mol. The van der Waals surface area contributed by atoms with E-state index in [0.29, 0.717) is 6.04 Å². The van der Waals surface area contributed by atoms with Crippen LogP contribution in [0.3, 0.4) is 0 Å². The maximum atomic E-state index is 12.4. The van der Waals surface area contributed by atoms with Crippen molar-refractivity contribution in [2.45, 2.75) is 76.8 Å². The molecule has 4 heteroatoms. The van der Waals surface area contributed by atoms with Gasteiger partial charge in [-0.1, -0.05) is 13.8 Å². The maximum Gasteiger partial charge on any atom is 0.315 e. The van der Waals surface area contributed by atoms with E-state index in [2.05, 4.69) is 22.6 Å². The van der Waals surface area contributed by atoms with Gasteiger partial charge < -0.3 is 15.5 Å². The summed E-state index contributed by atoms with van der Waals surface area (Å²) in [6, 6.07) is 0.474. The number of piperidine rings is 1. The molecular formula is C19H35N3O. The van der Waals surface area contributed by atoms with Gasteiger partial charge in [-0.25, -0.2) is 4.79 Å². The van der Waals surface area contributed by atoms with Crippen LogP contribution in [0.2, 0.25) is 0 Å². The van der Waals surface area contributed by atoms with Gasteiger partial charge in [0.2, 0.25) is 0 Å². The molecule has 4 nitrogen and oxygen atoms in total. The molecule has 0 radical (unpaired) electrons. The number of carbonyl (C=O) groups excluding carboxylic acids is 1. The zero-order valence-electron chi connectivity index (χ0n) is 15.2. The van der Waals surface area contributed by atoms with Gasteiger partial charge in [-0.3, -0.25) is 0 Å². The van der Waals surface area contributed by atoms with Crippen LogP contribution in [-0.2, 0) is 0 Å². The topological polar surface area (TPSA) is 44.4 Å². The predicted molar refractivity (Wildman–Crippen MR) is 94.4 cm³/mol. The van der Waals surface area contributed by atoms with Crippen molar-refractivity contribution in [3.05, 3.63) is 0 Å². The average Bonchev–Trinajstić information content (AvgIpc) is 2.49. The molecule has 0 aromatic carbocycles. The van der Waals surface area contributed by atoms with Gasteiger partial charge in [0.25, 0.3) is 0 Å². The first-order valence-corrected chi connectivity index (χ1v) is 9.87. The van der Waals surface area contributed by atoms with Gasteiger partial charge in [0.05, 0.1) is 0 Å². The molecule has 132 valence electrons. The quantitative estimate of drug-likeness (QED) is 0.819. The smallest absolute Gasteiger partial charge is 0.315 e. The third-order valence-electron chi connectivity index (χ3n) is 6.47. The first-order valence-electron chi connectivity index (χ1n) is 9.87. The summed E-state index contributed by atoms with van der Waals surface area (Å²) in [4.78, 5) is 14.8. The lowest BCUT2D eigenvalue weighted by atomic mass is 9.53. The molecule has 1 heterocycles. The van der Waals surface area contributed by atoms with E-state index in [1.165, 1.54) is 38.5 Å². The Morgan fingerprint density at radius 2 is 1.43 bits per heavy atom. The van der Waals surface area contributed by atoms with Crippen molar-refractivity contribution in [1.29, 1.82) is 0 Å². The van der Waals surface area contributed by atoms with E-state index in [0.717, 1.165) is 43.7 Å². The molecule has 0 spiro atoms. The molecule has 4 saturated carbocycles. The van der Waals surface area contributed by atoms with Crippen molar-refractivity contribution < 1.29 is 4.79 Å². The Bertz CT molecular complexity index is 380. The van der Waals surface area contributed by atoms with Crippen molar-refractivity contribution in [2.24, 2.45) is 17.8 Å². The van der Waals surface area contributed by atoms with Crippen LogP contribution in [0.5, 0.6) is 0 Å². The summed E-state index contributed by atoms with van der Waals surface area (Å²) in [6.07, 6.45) is 10.2. The van der Waals surface area contributed by atoms with Gasteiger partial charge in [0, 0.05) is 11.6 Å². The summed E-state index contributed by atoms with van der Waals surface area (Å²) in [5, 5.41) is 6.66. The van der Waals surface area contributed by atoms with Crippen molar-refractivity contribution in [1.82, 2.24) is 15.5 Å². The number of amides is 2. The molecule has 23 heavy (non-hydrogen) atoms. The lowest BCUT2D eigenvalue weighted by Gasteiger charge is -2.56. The second-order valence-corrected chi connectivity index (χ2v) is 8.37. The van der Waals surface area contributed by atoms with Crippen LogP contribution in [0, 0.1) is 17.8 Å².